The minimum absolute atomic E-state index is 0.0148. The molecule has 2 N–H and O–H groups in total. The number of rotatable bonds is 5. The van der Waals surface area contributed by atoms with Crippen LogP contribution in [0, 0.1) is 6.92 Å². The number of hydrogen-bond donors (Lipinski definition) is 2. The van der Waals surface area contributed by atoms with E-state index in [9.17, 15) is 0 Å². The molecule has 0 atom stereocenters. The van der Waals surface area contributed by atoms with Gasteiger partial charge in [-0.1, -0.05) is 11.6 Å². The smallest absolute Gasteiger partial charge is 0.148 e. The summed E-state index contributed by atoms with van der Waals surface area (Å²) in [5.41, 5.74) is 4.41. The predicted octanol–water partition coefficient (Wildman–Crippen LogP) is 4.12. The van der Waals surface area contributed by atoms with Gasteiger partial charge < -0.3 is 14.8 Å². The minimum atomic E-state index is 0.0148. The number of H-pyrrole nitrogens is 1. The molecular formula is C21H17ClN6O2. The summed E-state index contributed by atoms with van der Waals surface area (Å²) >= 11 is 6.63. The molecule has 2 aromatic carbocycles. The molecule has 8 nitrogen and oxygen atoms in total. The highest BCUT2D eigenvalue weighted by atomic mass is 35.5. The van der Waals surface area contributed by atoms with Crippen molar-refractivity contribution >= 4 is 33.7 Å². The molecule has 3 heterocycles. The average Bonchev–Trinajstić information content (AvgIpc) is 3.35. The Labute approximate surface area is 176 Å². The standard InChI is InChI=1S/C21H17ClN6O2/c1-12-25-15-3-2-14(8-17(15)26-12)30-19-5-4-16-21(20(19)22)27-18(10-23-16)13-9-24-28(11-13)6-7-29/h2-5,8-11,29H,6-7H2,1H3,(H,25,26). The number of aliphatic hydroxyl groups excluding tert-OH is 1. The topological polar surface area (TPSA) is 102 Å². The van der Waals surface area contributed by atoms with Crippen molar-refractivity contribution in [1.29, 1.82) is 0 Å². The van der Waals surface area contributed by atoms with Crippen molar-refractivity contribution in [3.8, 4) is 22.8 Å². The van der Waals surface area contributed by atoms with Gasteiger partial charge in [0.25, 0.3) is 0 Å². The van der Waals surface area contributed by atoms with E-state index in [-0.39, 0.29) is 6.61 Å². The van der Waals surface area contributed by atoms with Crippen LogP contribution in [0.15, 0.2) is 48.9 Å². The molecule has 9 heteroatoms. The van der Waals surface area contributed by atoms with E-state index >= 15 is 0 Å². The van der Waals surface area contributed by atoms with E-state index in [4.69, 9.17) is 21.4 Å². The fourth-order valence-corrected chi connectivity index (χ4v) is 3.51. The van der Waals surface area contributed by atoms with Crippen LogP contribution in [0.2, 0.25) is 5.02 Å². The first-order valence-corrected chi connectivity index (χ1v) is 9.72. The molecule has 0 saturated carbocycles. The first-order valence-electron chi connectivity index (χ1n) is 9.34. The van der Waals surface area contributed by atoms with Crippen molar-refractivity contribution in [2.24, 2.45) is 0 Å². The van der Waals surface area contributed by atoms with E-state index < -0.39 is 0 Å². The largest absolute Gasteiger partial charge is 0.456 e. The molecule has 0 amide bonds. The van der Waals surface area contributed by atoms with Gasteiger partial charge in [0.15, 0.2) is 0 Å². The van der Waals surface area contributed by atoms with E-state index in [2.05, 4.69) is 25.0 Å². The maximum absolute atomic E-state index is 9.06. The van der Waals surface area contributed by atoms with Gasteiger partial charge >= 0.3 is 0 Å². The fraction of sp³-hybridized carbons (Fsp3) is 0.143. The lowest BCUT2D eigenvalue weighted by atomic mass is 10.2. The van der Waals surface area contributed by atoms with Crippen LogP contribution in [0.25, 0.3) is 33.3 Å². The number of ether oxygens (including phenoxy) is 1. The third kappa shape index (κ3) is 3.36. The minimum Gasteiger partial charge on any atom is -0.456 e. The van der Waals surface area contributed by atoms with Crippen molar-refractivity contribution in [1.82, 2.24) is 29.7 Å². The first kappa shape index (κ1) is 18.5. The van der Waals surface area contributed by atoms with Gasteiger partial charge in [-0.2, -0.15) is 5.10 Å². The van der Waals surface area contributed by atoms with E-state index in [0.29, 0.717) is 39.8 Å². The molecule has 0 fully saturated rings. The number of hydrogen-bond acceptors (Lipinski definition) is 6. The third-order valence-electron chi connectivity index (χ3n) is 4.68. The summed E-state index contributed by atoms with van der Waals surface area (Å²) in [7, 11) is 0. The van der Waals surface area contributed by atoms with Gasteiger partial charge in [-0.3, -0.25) is 9.67 Å². The van der Waals surface area contributed by atoms with Crippen LogP contribution in [0.5, 0.6) is 11.5 Å². The summed E-state index contributed by atoms with van der Waals surface area (Å²) in [4.78, 5) is 16.7. The zero-order valence-corrected chi connectivity index (χ0v) is 16.8. The number of imidazole rings is 1. The Morgan fingerprint density at radius 1 is 1.13 bits per heavy atom. The number of aryl methyl sites for hydroxylation is 1. The molecule has 5 aromatic rings. The van der Waals surface area contributed by atoms with Crippen molar-refractivity contribution in [3.63, 3.8) is 0 Å². The molecule has 150 valence electrons. The highest BCUT2D eigenvalue weighted by Crippen LogP contribution is 2.35. The molecule has 0 aliphatic carbocycles. The molecule has 5 rings (SSSR count). The second-order valence-electron chi connectivity index (χ2n) is 6.82. The molecule has 0 spiro atoms. The molecule has 30 heavy (non-hydrogen) atoms. The van der Waals surface area contributed by atoms with E-state index in [1.54, 1.807) is 23.1 Å². The number of nitrogens with one attached hydrogen (secondary N) is 1. The van der Waals surface area contributed by atoms with Crippen LogP contribution in [0.3, 0.4) is 0 Å². The maximum Gasteiger partial charge on any atom is 0.148 e. The molecule has 0 unspecified atom stereocenters. The van der Waals surface area contributed by atoms with Crippen molar-refractivity contribution < 1.29 is 9.84 Å². The van der Waals surface area contributed by atoms with Crippen molar-refractivity contribution in [2.75, 3.05) is 6.61 Å². The van der Waals surface area contributed by atoms with Crippen LogP contribution in [0.4, 0.5) is 0 Å². The van der Waals surface area contributed by atoms with Crippen molar-refractivity contribution in [2.45, 2.75) is 13.5 Å². The Bertz CT molecular complexity index is 1380. The molecular weight excluding hydrogens is 404 g/mol. The quantitative estimate of drug-likeness (QED) is 0.443. The number of aromatic nitrogens is 6. The second-order valence-corrected chi connectivity index (χ2v) is 7.20. The zero-order valence-electron chi connectivity index (χ0n) is 16.0. The first-order chi connectivity index (χ1) is 14.6. The Kier molecular flexibility index (Phi) is 4.57. The van der Waals surface area contributed by atoms with E-state index in [1.807, 2.05) is 37.4 Å². The average molecular weight is 421 g/mol. The lowest BCUT2D eigenvalue weighted by Crippen LogP contribution is -2.01. The highest BCUT2D eigenvalue weighted by Gasteiger charge is 2.13. The Morgan fingerprint density at radius 2 is 2.00 bits per heavy atom. The predicted molar refractivity (Wildman–Crippen MR) is 114 cm³/mol. The van der Waals surface area contributed by atoms with Crippen molar-refractivity contribution in [3.05, 3.63) is 59.8 Å². The Morgan fingerprint density at radius 3 is 2.87 bits per heavy atom. The second kappa shape index (κ2) is 7.40. The molecule has 0 aliphatic heterocycles. The number of aromatic amines is 1. The number of halogens is 1. The number of fused-ring (bicyclic) bond motifs is 2. The van der Waals surface area contributed by atoms with Gasteiger partial charge in [-0.15, -0.1) is 0 Å². The summed E-state index contributed by atoms with van der Waals surface area (Å²) in [5.74, 6) is 1.97. The fourth-order valence-electron chi connectivity index (χ4n) is 3.27. The summed E-state index contributed by atoms with van der Waals surface area (Å²) < 4.78 is 7.67. The molecule has 0 saturated heterocycles. The summed E-state index contributed by atoms with van der Waals surface area (Å²) in [5, 5.41) is 13.7. The molecule has 3 aromatic heterocycles. The van der Waals surface area contributed by atoms with Crippen LogP contribution < -0.4 is 4.74 Å². The Balaban J connectivity index is 1.51. The van der Waals surface area contributed by atoms with Gasteiger partial charge in [-0.05, 0) is 31.2 Å². The summed E-state index contributed by atoms with van der Waals surface area (Å²) in [6, 6.07) is 9.22. The van der Waals surface area contributed by atoms with Gasteiger partial charge in [0.05, 0.1) is 47.8 Å². The van der Waals surface area contributed by atoms with Gasteiger partial charge in [0.2, 0.25) is 0 Å². The third-order valence-corrected chi connectivity index (χ3v) is 5.04. The molecule has 0 bridgehead atoms. The lowest BCUT2D eigenvalue weighted by molar-refractivity contribution is 0.269. The summed E-state index contributed by atoms with van der Waals surface area (Å²) in [6.07, 6.45) is 5.16. The van der Waals surface area contributed by atoms with Crippen LogP contribution in [0.1, 0.15) is 5.82 Å². The normalized spacial score (nSPS) is 11.4. The van der Waals surface area contributed by atoms with Crippen LogP contribution in [-0.2, 0) is 6.54 Å². The monoisotopic (exact) mass is 420 g/mol. The Hall–Kier alpha value is -3.49. The van der Waals surface area contributed by atoms with E-state index in [1.165, 1.54) is 0 Å². The highest BCUT2D eigenvalue weighted by molar-refractivity contribution is 6.36. The van der Waals surface area contributed by atoms with Gasteiger partial charge in [0, 0.05) is 17.8 Å². The number of aliphatic hydroxyl groups is 1. The SMILES string of the molecule is Cc1nc2ccc(Oc3ccc4ncc(-c5cnn(CCO)c5)nc4c3Cl)cc2[nH]1. The molecule has 0 radical (unpaired) electrons. The van der Waals surface area contributed by atoms with Crippen LogP contribution in [-0.4, -0.2) is 41.4 Å². The zero-order chi connectivity index (χ0) is 20.7. The summed E-state index contributed by atoms with van der Waals surface area (Å²) in [6.45, 7) is 2.34. The van der Waals surface area contributed by atoms with Gasteiger partial charge in [0.1, 0.15) is 27.9 Å². The van der Waals surface area contributed by atoms with Gasteiger partial charge in [-0.25, -0.2) is 9.97 Å². The number of nitrogens with zero attached hydrogens (tertiary/aromatic N) is 5. The van der Waals surface area contributed by atoms with Crippen LogP contribution >= 0.6 is 11.6 Å². The maximum atomic E-state index is 9.06. The molecule has 0 aliphatic rings. The lowest BCUT2D eigenvalue weighted by Gasteiger charge is -2.10. The van der Waals surface area contributed by atoms with E-state index in [0.717, 1.165) is 22.4 Å². The number of benzene rings is 2.